The normalized spacial score (nSPS) is 26.0. The van der Waals surface area contributed by atoms with Crippen molar-refractivity contribution in [1.29, 1.82) is 0 Å². The van der Waals surface area contributed by atoms with Crippen molar-refractivity contribution in [3.63, 3.8) is 0 Å². The second-order valence-electron chi connectivity index (χ2n) is 7.53. The molecule has 1 heterocycles. The molecule has 1 aliphatic carbocycles. The van der Waals surface area contributed by atoms with E-state index < -0.39 is 5.60 Å². The maximum Gasteiger partial charge on any atom is 0.314 e. The molecule has 2 aliphatic rings. The van der Waals surface area contributed by atoms with Crippen molar-refractivity contribution in [3.8, 4) is 0 Å². The molecule has 0 unspecified atom stereocenters. The highest BCUT2D eigenvalue weighted by atomic mass is 16.5. The Labute approximate surface area is 150 Å². The van der Waals surface area contributed by atoms with Gasteiger partial charge < -0.3 is 20.5 Å². The summed E-state index contributed by atoms with van der Waals surface area (Å²) in [6.45, 7) is 2.13. The van der Waals surface area contributed by atoms with Crippen molar-refractivity contribution in [2.24, 2.45) is 5.92 Å². The summed E-state index contributed by atoms with van der Waals surface area (Å²) >= 11 is 0. The molecule has 25 heavy (non-hydrogen) atoms. The fraction of sp³-hybridized carbons (Fsp3) is 0.650. The maximum absolute atomic E-state index is 12.0. The van der Waals surface area contributed by atoms with Gasteiger partial charge in [-0.1, -0.05) is 30.3 Å². The van der Waals surface area contributed by atoms with Crippen molar-refractivity contribution in [2.45, 2.75) is 50.0 Å². The molecule has 1 aliphatic heterocycles. The first-order chi connectivity index (χ1) is 12.1. The zero-order valence-electron chi connectivity index (χ0n) is 14.9. The number of carbonyl (C=O) groups excluding carboxylic acids is 1. The topological polar surface area (TPSA) is 70.6 Å². The van der Waals surface area contributed by atoms with Gasteiger partial charge in [0, 0.05) is 39.1 Å². The van der Waals surface area contributed by atoms with Crippen LogP contribution in [-0.4, -0.2) is 43.0 Å². The Morgan fingerprint density at radius 3 is 2.44 bits per heavy atom. The van der Waals surface area contributed by atoms with Gasteiger partial charge in [0.15, 0.2) is 0 Å². The van der Waals surface area contributed by atoms with Crippen LogP contribution < -0.4 is 10.6 Å². The Morgan fingerprint density at radius 1 is 1.08 bits per heavy atom. The third-order valence-corrected chi connectivity index (χ3v) is 5.67. The molecule has 2 amide bonds. The van der Waals surface area contributed by atoms with Crippen molar-refractivity contribution in [1.82, 2.24) is 10.6 Å². The predicted molar refractivity (Wildman–Crippen MR) is 97.5 cm³/mol. The Kier molecular flexibility index (Phi) is 6.32. The molecule has 1 aromatic carbocycles. The van der Waals surface area contributed by atoms with Crippen LogP contribution in [0.1, 0.15) is 50.0 Å². The van der Waals surface area contributed by atoms with Crippen LogP contribution in [0.4, 0.5) is 4.79 Å². The third kappa shape index (κ3) is 5.44. The quantitative estimate of drug-likeness (QED) is 0.768. The molecule has 3 N–H and O–H groups in total. The lowest BCUT2D eigenvalue weighted by molar-refractivity contribution is -0.0600. The molecular formula is C20H30N2O3. The van der Waals surface area contributed by atoms with Crippen LogP contribution in [0.25, 0.3) is 0 Å². The van der Waals surface area contributed by atoms with Crippen LogP contribution in [-0.2, 0) is 4.74 Å². The standard InChI is InChI=1S/C20H30N2O3/c23-19(22-15-20(24)10-12-25-13-11-20)21-14-16-6-8-18(9-7-16)17-4-2-1-3-5-17/h1-5,16,18,24H,6-15H2,(H2,21,22,23). The van der Waals surface area contributed by atoms with Crippen LogP contribution in [0, 0.1) is 5.92 Å². The summed E-state index contributed by atoms with van der Waals surface area (Å²) in [6.07, 6.45) is 5.85. The number of aliphatic hydroxyl groups is 1. The summed E-state index contributed by atoms with van der Waals surface area (Å²) in [7, 11) is 0. The number of amides is 2. The highest BCUT2D eigenvalue weighted by Gasteiger charge is 2.30. The van der Waals surface area contributed by atoms with E-state index in [1.807, 2.05) is 0 Å². The second-order valence-corrected chi connectivity index (χ2v) is 7.53. The summed E-state index contributed by atoms with van der Waals surface area (Å²) < 4.78 is 5.25. The van der Waals surface area contributed by atoms with Gasteiger partial charge in [-0.3, -0.25) is 0 Å². The molecular weight excluding hydrogens is 316 g/mol. The smallest absolute Gasteiger partial charge is 0.314 e. The lowest BCUT2D eigenvalue weighted by atomic mass is 9.79. The molecule has 2 fully saturated rings. The average molecular weight is 346 g/mol. The molecule has 0 aromatic heterocycles. The monoisotopic (exact) mass is 346 g/mol. The van der Waals surface area contributed by atoms with E-state index >= 15 is 0 Å². The summed E-state index contributed by atoms with van der Waals surface area (Å²) in [5.41, 5.74) is 0.625. The Balaban J connectivity index is 1.33. The number of nitrogens with one attached hydrogen (secondary N) is 2. The molecule has 5 nitrogen and oxygen atoms in total. The van der Waals surface area contributed by atoms with E-state index in [-0.39, 0.29) is 6.03 Å². The first-order valence-electron chi connectivity index (χ1n) is 9.51. The number of rotatable bonds is 5. The molecule has 1 aromatic rings. The number of ether oxygens (including phenoxy) is 1. The van der Waals surface area contributed by atoms with Gasteiger partial charge in [-0.2, -0.15) is 0 Å². The minimum absolute atomic E-state index is 0.176. The number of hydrogen-bond donors (Lipinski definition) is 3. The van der Waals surface area contributed by atoms with Crippen molar-refractivity contribution < 1.29 is 14.6 Å². The zero-order chi connectivity index (χ0) is 17.5. The SMILES string of the molecule is O=C(NCC1CCC(c2ccccc2)CC1)NCC1(O)CCOCC1. The molecule has 1 saturated heterocycles. The lowest BCUT2D eigenvalue weighted by Crippen LogP contribution is -2.49. The second kappa shape index (κ2) is 8.68. The highest BCUT2D eigenvalue weighted by molar-refractivity contribution is 5.73. The molecule has 5 heteroatoms. The van der Waals surface area contributed by atoms with Gasteiger partial charge in [0.25, 0.3) is 0 Å². The van der Waals surface area contributed by atoms with Crippen molar-refractivity contribution >= 4 is 6.03 Å². The fourth-order valence-electron chi connectivity index (χ4n) is 3.90. The van der Waals surface area contributed by atoms with Gasteiger partial charge in [-0.25, -0.2) is 4.79 Å². The minimum Gasteiger partial charge on any atom is -0.388 e. The van der Waals surface area contributed by atoms with Crippen molar-refractivity contribution in [2.75, 3.05) is 26.3 Å². The Morgan fingerprint density at radius 2 is 1.76 bits per heavy atom. The van der Waals surface area contributed by atoms with Crippen molar-refractivity contribution in [3.05, 3.63) is 35.9 Å². The molecule has 3 rings (SSSR count). The van der Waals surface area contributed by atoms with Gasteiger partial charge in [0.1, 0.15) is 0 Å². The van der Waals surface area contributed by atoms with Crippen LogP contribution in [0.15, 0.2) is 30.3 Å². The van der Waals surface area contributed by atoms with E-state index in [9.17, 15) is 9.90 Å². The van der Waals surface area contributed by atoms with E-state index in [4.69, 9.17) is 4.74 Å². The average Bonchev–Trinajstić information content (AvgIpc) is 2.66. The molecule has 1 saturated carbocycles. The zero-order valence-corrected chi connectivity index (χ0v) is 14.9. The summed E-state index contributed by atoms with van der Waals surface area (Å²) in [6, 6.07) is 10.5. The van der Waals surface area contributed by atoms with E-state index in [0.29, 0.717) is 44.4 Å². The summed E-state index contributed by atoms with van der Waals surface area (Å²) in [4.78, 5) is 12.0. The molecule has 138 valence electrons. The predicted octanol–water partition coefficient (Wildman–Crippen LogP) is 2.80. The number of carbonyl (C=O) groups is 1. The lowest BCUT2D eigenvalue weighted by Gasteiger charge is -2.32. The molecule has 0 spiro atoms. The third-order valence-electron chi connectivity index (χ3n) is 5.67. The van der Waals surface area contributed by atoms with Gasteiger partial charge in [-0.15, -0.1) is 0 Å². The van der Waals surface area contributed by atoms with Crippen LogP contribution >= 0.6 is 0 Å². The largest absolute Gasteiger partial charge is 0.388 e. The van der Waals surface area contributed by atoms with Crippen LogP contribution in [0.5, 0.6) is 0 Å². The minimum atomic E-state index is -0.816. The number of urea groups is 1. The van der Waals surface area contributed by atoms with E-state index in [0.717, 1.165) is 19.4 Å². The molecule has 0 radical (unpaired) electrons. The maximum atomic E-state index is 12.0. The summed E-state index contributed by atoms with van der Waals surface area (Å²) in [5, 5.41) is 16.1. The number of hydrogen-bond acceptors (Lipinski definition) is 3. The first-order valence-corrected chi connectivity index (χ1v) is 9.51. The van der Waals surface area contributed by atoms with E-state index in [2.05, 4.69) is 41.0 Å². The van der Waals surface area contributed by atoms with E-state index in [1.54, 1.807) is 0 Å². The highest BCUT2D eigenvalue weighted by Crippen LogP contribution is 2.35. The molecule has 0 atom stereocenters. The molecule has 0 bridgehead atoms. The van der Waals surface area contributed by atoms with Gasteiger partial charge in [0.05, 0.1) is 5.60 Å². The van der Waals surface area contributed by atoms with Gasteiger partial charge in [-0.05, 0) is 43.1 Å². The Bertz CT molecular complexity index is 535. The van der Waals surface area contributed by atoms with Gasteiger partial charge in [0.2, 0.25) is 0 Å². The Hall–Kier alpha value is -1.59. The first kappa shape index (κ1) is 18.2. The van der Waals surface area contributed by atoms with Crippen LogP contribution in [0.2, 0.25) is 0 Å². The van der Waals surface area contributed by atoms with Gasteiger partial charge >= 0.3 is 6.03 Å². The van der Waals surface area contributed by atoms with Crippen LogP contribution in [0.3, 0.4) is 0 Å². The van der Waals surface area contributed by atoms with E-state index in [1.165, 1.54) is 18.4 Å². The fourth-order valence-corrected chi connectivity index (χ4v) is 3.90. The summed E-state index contributed by atoms with van der Waals surface area (Å²) in [5.74, 6) is 1.21. The number of benzene rings is 1.